The maximum atomic E-state index is 5.65. The van der Waals surface area contributed by atoms with E-state index in [1.807, 2.05) is 0 Å². The topological polar surface area (TPSA) is 21.3 Å². The van der Waals surface area contributed by atoms with E-state index in [4.69, 9.17) is 4.74 Å². The van der Waals surface area contributed by atoms with Gasteiger partial charge < -0.3 is 10.1 Å². The molecule has 1 heterocycles. The van der Waals surface area contributed by atoms with Crippen molar-refractivity contribution in [2.75, 3.05) is 6.61 Å². The molecule has 0 aromatic heterocycles. The molecule has 1 saturated heterocycles. The maximum Gasteiger partial charge on any atom is 0.0726 e. The van der Waals surface area contributed by atoms with Crippen molar-refractivity contribution in [3.05, 3.63) is 0 Å². The summed E-state index contributed by atoms with van der Waals surface area (Å²) < 4.78 is 5.65. The second-order valence-corrected chi connectivity index (χ2v) is 5.16. The molecule has 2 heteroatoms. The molecule has 82 valence electrons. The van der Waals surface area contributed by atoms with Gasteiger partial charge in [-0.05, 0) is 33.1 Å². The Morgan fingerprint density at radius 3 is 2.50 bits per heavy atom. The highest BCUT2D eigenvalue weighted by Gasteiger charge is 2.38. The molecule has 2 rings (SSSR count). The minimum Gasteiger partial charge on any atom is -0.377 e. The van der Waals surface area contributed by atoms with Crippen LogP contribution >= 0.6 is 0 Å². The lowest BCUT2D eigenvalue weighted by Gasteiger charge is -2.35. The predicted molar refractivity (Wildman–Crippen MR) is 58.4 cm³/mol. The van der Waals surface area contributed by atoms with Crippen LogP contribution in [0.25, 0.3) is 0 Å². The molecule has 0 amide bonds. The van der Waals surface area contributed by atoms with Crippen LogP contribution in [0.4, 0.5) is 0 Å². The van der Waals surface area contributed by atoms with Gasteiger partial charge in [0.2, 0.25) is 0 Å². The van der Waals surface area contributed by atoms with Gasteiger partial charge in [-0.1, -0.05) is 19.3 Å². The monoisotopic (exact) mass is 197 g/mol. The zero-order valence-corrected chi connectivity index (χ0v) is 9.51. The molecular formula is C12H23NO. The largest absolute Gasteiger partial charge is 0.377 e. The quantitative estimate of drug-likeness (QED) is 0.734. The zero-order valence-electron chi connectivity index (χ0n) is 9.51. The Balaban J connectivity index is 1.88. The Kier molecular flexibility index (Phi) is 3.13. The Bertz CT molecular complexity index is 189. The van der Waals surface area contributed by atoms with E-state index in [1.165, 1.54) is 38.5 Å². The fraction of sp³-hybridized carbons (Fsp3) is 1.00. The second-order valence-electron chi connectivity index (χ2n) is 5.16. The molecule has 0 aromatic carbocycles. The Morgan fingerprint density at radius 1 is 1.21 bits per heavy atom. The summed E-state index contributed by atoms with van der Waals surface area (Å²) in [5.74, 6) is 0. The summed E-state index contributed by atoms with van der Waals surface area (Å²) >= 11 is 0. The van der Waals surface area contributed by atoms with E-state index in [-0.39, 0.29) is 5.54 Å². The van der Waals surface area contributed by atoms with Crippen molar-refractivity contribution < 1.29 is 4.74 Å². The van der Waals surface area contributed by atoms with Crippen LogP contribution < -0.4 is 5.32 Å². The molecule has 1 saturated carbocycles. The van der Waals surface area contributed by atoms with E-state index in [9.17, 15) is 0 Å². The summed E-state index contributed by atoms with van der Waals surface area (Å²) in [6, 6.07) is 0.748. The maximum absolute atomic E-state index is 5.65. The molecular weight excluding hydrogens is 174 g/mol. The lowest BCUT2D eigenvalue weighted by Crippen LogP contribution is -2.52. The Morgan fingerprint density at radius 2 is 1.93 bits per heavy atom. The molecule has 14 heavy (non-hydrogen) atoms. The lowest BCUT2D eigenvalue weighted by molar-refractivity contribution is 0.0816. The first-order chi connectivity index (χ1) is 6.71. The van der Waals surface area contributed by atoms with Crippen LogP contribution in [0.5, 0.6) is 0 Å². The number of hydrogen-bond acceptors (Lipinski definition) is 2. The fourth-order valence-electron chi connectivity index (χ4n) is 2.74. The van der Waals surface area contributed by atoms with Crippen LogP contribution in [0.1, 0.15) is 52.4 Å². The van der Waals surface area contributed by atoms with E-state index < -0.39 is 0 Å². The van der Waals surface area contributed by atoms with Gasteiger partial charge in [0.15, 0.2) is 0 Å². The van der Waals surface area contributed by atoms with E-state index in [1.54, 1.807) is 0 Å². The van der Waals surface area contributed by atoms with Crippen molar-refractivity contribution in [1.82, 2.24) is 5.32 Å². The highest BCUT2D eigenvalue weighted by atomic mass is 16.5. The molecule has 2 nitrogen and oxygen atoms in total. The summed E-state index contributed by atoms with van der Waals surface area (Å²) in [6.45, 7) is 5.44. The van der Waals surface area contributed by atoms with Gasteiger partial charge in [-0.3, -0.25) is 0 Å². The van der Waals surface area contributed by atoms with E-state index in [0.717, 1.165) is 12.6 Å². The summed E-state index contributed by atoms with van der Waals surface area (Å²) in [4.78, 5) is 0. The van der Waals surface area contributed by atoms with Crippen LogP contribution in [-0.2, 0) is 4.74 Å². The minimum atomic E-state index is 0.238. The fourth-order valence-corrected chi connectivity index (χ4v) is 2.74. The summed E-state index contributed by atoms with van der Waals surface area (Å²) in [5.41, 5.74) is 0.238. The highest BCUT2D eigenvalue weighted by Crippen LogP contribution is 2.28. The summed E-state index contributed by atoms with van der Waals surface area (Å²) in [5, 5.41) is 3.82. The molecule has 0 aromatic rings. The van der Waals surface area contributed by atoms with Crippen LogP contribution in [0.3, 0.4) is 0 Å². The average molecular weight is 197 g/mol. The van der Waals surface area contributed by atoms with Crippen LogP contribution in [0.15, 0.2) is 0 Å². The second kappa shape index (κ2) is 4.19. The van der Waals surface area contributed by atoms with Gasteiger partial charge in [-0.15, -0.1) is 0 Å². The van der Waals surface area contributed by atoms with Crippen LogP contribution in [0.2, 0.25) is 0 Å². The van der Waals surface area contributed by atoms with E-state index in [0.29, 0.717) is 6.10 Å². The first-order valence-electron chi connectivity index (χ1n) is 6.10. The first kappa shape index (κ1) is 10.4. The van der Waals surface area contributed by atoms with Gasteiger partial charge in [-0.2, -0.15) is 0 Å². The van der Waals surface area contributed by atoms with Gasteiger partial charge in [0.25, 0.3) is 0 Å². The van der Waals surface area contributed by atoms with Crippen molar-refractivity contribution in [3.63, 3.8) is 0 Å². The van der Waals surface area contributed by atoms with Crippen molar-refractivity contribution in [2.45, 2.75) is 70.1 Å². The third-order valence-electron chi connectivity index (χ3n) is 4.03. The van der Waals surface area contributed by atoms with Gasteiger partial charge in [0.05, 0.1) is 6.10 Å². The van der Waals surface area contributed by atoms with Crippen molar-refractivity contribution in [2.24, 2.45) is 0 Å². The van der Waals surface area contributed by atoms with Crippen molar-refractivity contribution in [1.29, 1.82) is 0 Å². The Hall–Kier alpha value is -0.0800. The summed E-state index contributed by atoms with van der Waals surface area (Å²) in [7, 11) is 0. The van der Waals surface area contributed by atoms with Gasteiger partial charge >= 0.3 is 0 Å². The number of ether oxygens (including phenoxy) is 1. The standard InChI is InChI=1S/C12H23NO/c1-10-12(2,8-9-14-10)13-11-6-4-3-5-7-11/h10-11,13H,3-9H2,1-2H3. The normalized spacial score (nSPS) is 40.3. The number of rotatable bonds is 2. The zero-order chi connectivity index (χ0) is 10.0. The van der Waals surface area contributed by atoms with Crippen LogP contribution in [-0.4, -0.2) is 24.3 Å². The molecule has 0 spiro atoms. The molecule has 1 aliphatic carbocycles. The highest BCUT2D eigenvalue weighted by molar-refractivity contribution is 4.96. The third kappa shape index (κ3) is 2.12. The minimum absolute atomic E-state index is 0.238. The third-order valence-corrected chi connectivity index (χ3v) is 4.03. The lowest BCUT2D eigenvalue weighted by atomic mass is 9.89. The van der Waals surface area contributed by atoms with Crippen molar-refractivity contribution in [3.8, 4) is 0 Å². The average Bonchev–Trinajstić information content (AvgIpc) is 2.48. The first-order valence-corrected chi connectivity index (χ1v) is 6.10. The van der Waals surface area contributed by atoms with E-state index >= 15 is 0 Å². The number of hydrogen-bond donors (Lipinski definition) is 1. The van der Waals surface area contributed by atoms with E-state index in [2.05, 4.69) is 19.2 Å². The molecule has 1 N–H and O–H groups in total. The van der Waals surface area contributed by atoms with Gasteiger partial charge in [-0.25, -0.2) is 0 Å². The smallest absolute Gasteiger partial charge is 0.0726 e. The predicted octanol–water partition coefficient (Wildman–Crippen LogP) is 2.48. The number of nitrogens with one attached hydrogen (secondary N) is 1. The van der Waals surface area contributed by atoms with Gasteiger partial charge in [0, 0.05) is 18.2 Å². The SMILES string of the molecule is CC1OCCC1(C)NC1CCCCC1. The summed E-state index contributed by atoms with van der Waals surface area (Å²) in [6.07, 6.45) is 8.52. The molecule has 0 radical (unpaired) electrons. The molecule has 1 aliphatic heterocycles. The van der Waals surface area contributed by atoms with Crippen LogP contribution in [0, 0.1) is 0 Å². The molecule has 2 atom stereocenters. The van der Waals surface area contributed by atoms with Crippen molar-refractivity contribution >= 4 is 0 Å². The molecule has 0 bridgehead atoms. The van der Waals surface area contributed by atoms with Gasteiger partial charge in [0.1, 0.15) is 0 Å². The Labute approximate surface area is 87.4 Å². The molecule has 2 aliphatic rings. The molecule has 2 unspecified atom stereocenters. The molecule has 2 fully saturated rings.